The third-order valence-electron chi connectivity index (χ3n) is 6.90. The van der Waals surface area contributed by atoms with Crippen molar-refractivity contribution >= 4 is 33.9 Å². The number of hydrogen-bond donors (Lipinski definition) is 1. The number of piperazine rings is 1. The summed E-state index contributed by atoms with van der Waals surface area (Å²) in [5.41, 5.74) is 2.43. The molecule has 1 saturated heterocycles. The van der Waals surface area contributed by atoms with Crippen molar-refractivity contribution in [2.45, 2.75) is 19.6 Å². The Kier molecular flexibility index (Phi) is 8.44. The number of fused-ring (bicyclic) bond motifs is 1. The number of pyridine rings is 1. The van der Waals surface area contributed by atoms with Crippen LogP contribution in [0.3, 0.4) is 0 Å². The molecule has 0 spiro atoms. The maximum Gasteiger partial charge on any atom is 0.416 e. The van der Waals surface area contributed by atoms with Crippen molar-refractivity contribution in [1.82, 2.24) is 14.8 Å². The van der Waals surface area contributed by atoms with Crippen LogP contribution in [0.15, 0.2) is 66.7 Å². The zero-order valence-electron chi connectivity index (χ0n) is 21.9. The molecule has 2 heterocycles. The number of nitrogens with one attached hydrogen (secondary N) is 1. The van der Waals surface area contributed by atoms with Crippen LogP contribution in [-0.4, -0.2) is 54.1 Å². The van der Waals surface area contributed by atoms with Gasteiger partial charge in [0.05, 0.1) is 11.1 Å². The summed E-state index contributed by atoms with van der Waals surface area (Å²) >= 11 is 6.20. The number of aryl methyl sites for hydroxylation is 1. The SMILES string of the molecule is Cc1cc(Nc2cc(OCCN3CCN(Cc4cc(F)ccc4Cl)CC3)cc(C(F)(F)F)c2)c2ccccc2n1. The lowest BCUT2D eigenvalue weighted by molar-refractivity contribution is -0.137. The predicted molar refractivity (Wildman–Crippen MR) is 150 cm³/mol. The molecule has 1 aromatic heterocycles. The van der Waals surface area contributed by atoms with E-state index in [9.17, 15) is 17.6 Å². The molecule has 5 nitrogen and oxygen atoms in total. The summed E-state index contributed by atoms with van der Waals surface area (Å²) in [6.45, 7) is 6.28. The molecule has 3 aromatic carbocycles. The van der Waals surface area contributed by atoms with Crippen molar-refractivity contribution in [3.05, 3.63) is 94.4 Å². The van der Waals surface area contributed by atoms with Gasteiger partial charge in [-0.3, -0.25) is 14.8 Å². The Morgan fingerprint density at radius 3 is 2.48 bits per heavy atom. The summed E-state index contributed by atoms with van der Waals surface area (Å²) in [7, 11) is 0. The molecule has 10 heteroatoms. The Labute approximate surface area is 235 Å². The quantitative estimate of drug-likeness (QED) is 0.224. The smallest absolute Gasteiger partial charge is 0.416 e. The minimum absolute atomic E-state index is 0.145. The lowest BCUT2D eigenvalue weighted by Gasteiger charge is -2.34. The molecule has 0 saturated carbocycles. The van der Waals surface area contributed by atoms with Gasteiger partial charge in [-0.1, -0.05) is 29.8 Å². The molecule has 1 fully saturated rings. The van der Waals surface area contributed by atoms with E-state index in [1.807, 2.05) is 37.3 Å². The molecule has 0 bridgehead atoms. The number of aromatic nitrogens is 1. The van der Waals surface area contributed by atoms with E-state index in [2.05, 4.69) is 20.1 Å². The van der Waals surface area contributed by atoms with E-state index < -0.39 is 11.7 Å². The Hall–Kier alpha value is -3.40. The van der Waals surface area contributed by atoms with Crippen LogP contribution < -0.4 is 10.1 Å². The van der Waals surface area contributed by atoms with Crippen molar-refractivity contribution in [1.29, 1.82) is 0 Å². The maximum atomic E-state index is 13.7. The first-order chi connectivity index (χ1) is 19.1. The first-order valence-electron chi connectivity index (χ1n) is 13.0. The van der Waals surface area contributed by atoms with Gasteiger partial charge in [-0.25, -0.2) is 4.39 Å². The summed E-state index contributed by atoms with van der Waals surface area (Å²) in [4.78, 5) is 8.90. The van der Waals surface area contributed by atoms with E-state index in [4.69, 9.17) is 16.3 Å². The Morgan fingerprint density at radius 1 is 0.950 bits per heavy atom. The Morgan fingerprint density at radius 2 is 1.70 bits per heavy atom. The summed E-state index contributed by atoms with van der Waals surface area (Å²) in [6.07, 6.45) is -4.52. The van der Waals surface area contributed by atoms with Crippen molar-refractivity contribution in [3.63, 3.8) is 0 Å². The first kappa shape index (κ1) is 28.1. The van der Waals surface area contributed by atoms with E-state index >= 15 is 0 Å². The molecular weight excluding hydrogens is 544 g/mol. The molecule has 210 valence electrons. The Balaban J connectivity index is 1.21. The highest BCUT2D eigenvalue weighted by atomic mass is 35.5. The highest BCUT2D eigenvalue weighted by molar-refractivity contribution is 6.31. The lowest BCUT2D eigenvalue weighted by atomic mass is 10.1. The summed E-state index contributed by atoms with van der Waals surface area (Å²) in [5, 5.41) is 4.50. The third kappa shape index (κ3) is 7.02. The largest absolute Gasteiger partial charge is 0.492 e. The van der Waals surface area contributed by atoms with Gasteiger partial charge in [0.15, 0.2) is 0 Å². The second-order valence-corrected chi connectivity index (χ2v) is 10.3. The van der Waals surface area contributed by atoms with E-state index in [1.54, 1.807) is 12.1 Å². The molecular formula is C30H29ClF4N4O. The van der Waals surface area contributed by atoms with E-state index in [1.165, 1.54) is 12.1 Å². The maximum absolute atomic E-state index is 13.7. The average molecular weight is 573 g/mol. The normalized spacial score (nSPS) is 14.9. The number of alkyl halides is 3. The second kappa shape index (κ2) is 12.0. The molecule has 0 radical (unpaired) electrons. The third-order valence-corrected chi connectivity index (χ3v) is 7.27. The van der Waals surface area contributed by atoms with Gasteiger partial charge in [-0.15, -0.1) is 0 Å². The second-order valence-electron chi connectivity index (χ2n) is 9.90. The topological polar surface area (TPSA) is 40.6 Å². The summed E-state index contributed by atoms with van der Waals surface area (Å²) < 4.78 is 60.6. The fourth-order valence-electron chi connectivity index (χ4n) is 4.85. The number of halogens is 5. The van der Waals surface area contributed by atoms with Crippen LogP contribution in [-0.2, 0) is 12.7 Å². The van der Waals surface area contributed by atoms with Crippen LogP contribution in [0.4, 0.5) is 28.9 Å². The minimum atomic E-state index is -4.52. The van der Waals surface area contributed by atoms with Crippen molar-refractivity contribution < 1.29 is 22.3 Å². The van der Waals surface area contributed by atoms with Gasteiger partial charge < -0.3 is 10.1 Å². The minimum Gasteiger partial charge on any atom is -0.492 e. The molecule has 40 heavy (non-hydrogen) atoms. The highest BCUT2D eigenvalue weighted by Crippen LogP contribution is 2.36. The molecule has 1 aliphatic rings. The average Bonchev–Trinajstić information content (AvgIpc) is 2.91. The van der Waals surface area contributed by atoms with Gasteiger partial charge >= 0.3 is 6.18 Å². The molecule has 1 N–H and O–H groups in total. The lowest BCUT2D eigenvalue weighted by Crippen LogP contribution is -2.47. The van der Waals surface area contributed by atoms with Gasteiger partial charge in [-0.05, 0) is 55.0 Å². The molecule has 0 unspecified atom stereocenters. The highest BCUT2D eigenvalue weighted by Gasteiger charge is 2.31. The fourth-order valence-corrected chi connectivity index (χ4v) is 5.03. The van der Waals surface area contributed by atoms with Gasteiger partial charge in [0.1, 0.15) is 18.2 Å². The van der Waals surface area contributed by atoms with Crippen LogP contribution in [0.2, 0.25) is 5.02 Å². The van der Waals surface area contributed by atoms with E-state index in [0.717, 1.165) is 60.5 Å². The number of hydrogen-bond acceptors (Lipinski definition) is 5. The summed E-state index contributed by atoms with van der Waals surface area (Å²) in [5.74, 6) is -0.167. The molecule has 0 aliphatic carbocycles. The molecule has 5 rings (SSSR count). The van der Waals surface area contributed by atoms with Crippen LogP contribution in [0.5, 0.6) is 5.75 Å². The number of ether oxygens (including phenoxy) is 1. The first-order valence-corrected chi connectivity index (χ1v) is 13.4. The molecule has 0 atom stereocenters. The molecule has 4 aromatic rings. The van der Waals surface area contributed by atoms with Crippen LogP contribution in [0, 0.1) is 12.7 Å². The summed E-state index contributed by atoms with van der Waals surface area (Å²) in [6, 6.07) is 17.3. The zero-order valence-corrected chi connectivity index (χ0v) is 22.7. The van der Waals surface area contributed by atoms with Crippen LogP contribution in [0.25, 0.3) is 10.9 Å². The number of anilines is 2. The van der Waals surface area contributed by atoms with E-state index in [-0.39, 0.29) is 23.9 Å². The number of rotatable bonds is 8. The standard InChI is InChI=1S/C30H29ClF4N4O/c1-20-14-29(26-4-2-3-5-28(26)36-20)37-24-16-22(30(33,34)35)17-25(18-24)40-13-12-38-8-10-39(11-9-38)19-21-15-23(32)6-7-27(21)31/h2-7,14-18H,8-13,19H2,1H3,(H,36,37). The fraction of sp³-hybridized carbons (Fsp3) is 0.300. The molecule has 1 aliphatic heterocycles. The van der Waals surface area contributed by atoms with Crippen LogP contribution in [0.1, 0.15) is 16.8 Å². The number of para-hydroxylation sites is 1. The van der Waals surface area contributed by atoms with Crippen molar-refractivity contribution in [2.24, 2.45) is 0 Å². The van der Waals surface area contributed by atoms with Crippen molar-refractivity contribution in [3.8, 4) is 5.75 Å². The van der Waals surface area contributed by atoms with Crippen molar-refractivity contribution in [2.75, 3.05) is 44.6 Å². The molecule has 0 amide bonds. The number of benzene rings is 3. The Bertz CT molecular complexity index is 1490. The zero-order chi connectivity index (χ0) is 28.3. The van der Waals surface area contributed by atoms with Crippen LogP contribution >= 0.6 is 11.6 Å². The monoisotopic (exact) mass is 572 g/mol. The van der Waals surface area contributed by atoms with Gasteiger partial charge in [0, 0.05) is 72.8 Å². The predicted octanol–water partition coefficient (Wildman–Crippen LogP) is 7.29. The van der Waals surface area contributed by atoms with Gasteiger partial charge in [0.2, 0.25) is 0 Å². The van der Waals surface area contributed by atoms with Gasteiger partial charge in [-0.2, -0.15) is 13.2 Å². The van der Waals surface area contributed by atoms with E-state index in [0.29, 0.717) is 23.8 Å². The van der Waals surface area contributed by atoms with Gasteiger partial charge in [0.25, 0.3) is 0 Å². The number of nitrogens with zero attached hydrogens (tertiary/aromatic N) is 3.